The second-order valence-electron chi connectivity index (χ2n) is 7.23. The minimum atomic E-state index is -4.67. The molecule has 1 amide bonds. The van der Waals surface area contributed by atoms with Gasteiger partial charge in [-0.3, -0.25) is 4.79 Å². The lowest BCUT2D eigenvalue weighted by Gasteiger charge is -2.12. The van der Waals surface area contributed by atoms with Crippen molar-refractivity contribution in [2.24, 2.45) is 0 Å². The second-order valence-corrected chi connectivity index (χ2v) is 7.23. The maximum absolute atomic E-state index is 13.4. The van der Waals surface area contributed by atoms with Crippen molar-refractivity contribution in [2.75, 3.05) is 5.32 Å². The molecular formula is C23H16F3N5O. The average Bonchev–Trinajstić information content (AvgIpc) is 3.36. The number of amides is 1. The highest BCUT2D eigenvalue weighted by molar-refractivity contribution is 5.92. The number of rotatable bonds is 4. The molecule has 0 saturated heterocycles. The van der Waals surface area contributed by atoms with Crippen molar-refractivity contribution in [3.8, 4) is 11.3 Å². The van der Waals surface area contributed by atoms with Gasteiger partial charge in [0.1, 0.15) is 12.2 Å². The molecule has 0 aliphatic rings. The number of aromatic nitrogens is 4. The molecular weight excluding hydrogens is 419 g/mol. The molecule has 0 fully saturated rings. The van der Waals surface area contributed by atoms with Crippen molar-refractivity contribution in [1.82, 2.24) is 18.9 Å². The van der Waals surface area contributed by atoms with Gasteiger partial charge in [-0.05, 0) is 36.4 Å². The Morgan fingerprint density at radius 1 is 0.938 bits per heavy atom. The molecule has 5 aromatic rings. The lowest BCUT2D eigenvalue weighted by Crippen LogP contribution is -2.23. The van der Waals surface area contributed by atoms with Gasteiger partial charge in [0.05, 0.1) is 16.7 Å². The number of hydrogen-bond acceptors (Lipinski definition) is 3. The average molecular weight is 435 g/mol. The van der Waals surface area contributed by atoms with Crippen LogP contribution < -0.4 is 5.32 Å². The Morgan fingerprint density at radius 2 is 1.69 bits per heavy atom. The van der Waals surface area contributed by atoms with Crippen LogP contribution in [0.25, 0.3) is 27.9 Å². The summed E-state index contributed by atoms with van der Waals surface area (Å²) < 4.78 is 43.1. The number of nitrogens with zero attached hydrogens (tertiary/aromatic N) is 4. The molecule has 0 bridgehead atoms. The molecule has 0 atom stereocenters. The zero-order valence-electron chi connectivity index (χ0n) is 16.5. The van der Waals surface area contributed by atoms with E-state index in [2.05, 4.69) is 15.3 Å². The highest BCUT2D eigenvalue weighted by Gasteiger charge is 2.38. The minimum Gasteiger partial charge on any atom is -0.325 e. The van der Waals surface area contributed by atoms with Crippen LogP contribution in [0.2, 0.25) is 0 Å². The summed E-state index contributed by atoms with van der Waals surface area (Å²) in [6.45, 7) is -0.510. The van der Waals surface area contributed by atoms with Crippen LogP contribution >= 0.6 is 0 Å². The van der Waals surface area contributed by atoms with Crippen LogP contribution in [0.15, 0.2) is 79.1 Å². The molecule has 0 spiro atoms. The summed E-state index contributed by atoms with van der Waals surface area (Å²) in [4.78, 5) is 20.7. The highest BCUT2D eigenvalue weighted by Crippen LogP contribution is 2.31. The zero-order valence-corrected chi connectivity index (χ0v) is 16.5. The smallest absolute Gasteiger partial charge is 0.325 e. The fourth-order valence-corrected chi connectivity index (χ4v) is 3.59. The first-order valence-electron chi connectivity index (χ1n) is 9.75. The van der Waals surface area contributed by atoms with Gasteiger partial charge in [0.15, 0.2) is 0 Å². The van der Waals surface area contributed by atoms with Crippen LogP contribution in [0.5, 0.6) is 0 Å². The Bertz CT molecular complexity index is 1400. The number of benzene rings is 2. The molecule has 0 radical (unpaired) electrons. The highest BCUT2D eigenvalue weighted by atomic mass is 19.4. The lowest BCUT2D eigenvalue weighted by atomic mass is 10.1. The lowest BCUT2D eigenvalue weighted by molar-refractivity contribution is -0.147. The summed E-state index contributed by atoms with van der Waals surface area (Å²) in [5.74, 6) is -1.69. The topological polar surface area (TPSA) is 64.2 Å². The molecule has 6 nitrogen and oxygen atoms in total. The van der Waals surface area contributed by atoms with Gasteiger partial charge in [-0.2, -0.15) is 13.2 Å². The van der Waals surface area contributed by atoms with Gasteiger partial charge in [-0.25, -0.2) is 9.97 Å². The van der Waals surface area contributed by atoms with E-state index in [0.717, 1.165) is 21.5 Å². The first-order valence-corrected chi connectivity index (χ1v) is 9.75. The maximum Gasteiger partial charge on any atom is 0.449 e. The zero-order chi connectivity index (χ0) is 22.3. The Balaban J connectivity index is 1.36. The SMILES string of the molecule is O=C(Cn1c(C(F)(F)F)nc2ccccc21)Nc1ccc(-c2cn3ccccc3n2)cc1. The third-order valence-electron chi connectivity index (χ3n) is 5.04. The summed E-state index contributed by atoms with van der Waals surface area (Å²) in [6.07, 6.45) is -0.879. The fraction of sp³-hybridized carbons (Fsp3) is 0.0870. The van der Waals surface area contributed by atoms with Crippen LogP contribution in [0.1, 0.15) is 5.82 Å². The van der Waals surface area contributed by atoms with E-state index in [0.29, 0.717) is 5.69 Å². The minimum absolute atomic E-state index is 0.185. The number of carbonyl (C=O) groups excluding carboxylic acids is 1. The van der Waals surface area contributed by atoms with Gasteiger partial charge in [0.25, 0.3) is 0 Å². The number of halogens is 3. The van der Waals surface area contributed by atoms with Gasteiger partial charge in [0.2, 0.25) is 11.7 Å². The molecule has 1 N–H and O–H groups in total. The number of alkyl halides is 3. The van der Waals surface area contributed by atoms with E-state index in [1.165, 1.54) is 12.1 Å². The molecule has 3 aromatic heterocycles. The summed E-state index contributed by atoms with van der Waals surface area (Å²) in [7, 11) is 0. The Labute approximate surface area is 180 Å². The third kappa shape index (κ3) is 3.68. The van der Waals surface area contributed by atoms with Crippen LogP contribution in [-0.2, 0) is 17.5 Å². The van der Waals surface area contributed by atoms with Gasteiger partial charge >= 0.3 is 6.18 Å². The first-order chi connectivity index (χ1) is 15.4. The van der Waals surface area contributed by atoms with E-state index in [9.17, 15) is 18.0 Å². The van der Waals surface area contributed by atoms with Gasteiger partial charge in [0, 0.05) is 23.6 Å². The fourth-order valence-electron chi connectivity index (χ4n) is 3.59. The van der Waals surface area contributed by atoms with Crippen molar-refractivity contribution in [1.29, 1.82) is 0 Å². The quantitative estimate of drug-likeness (QED) is 0.432. The van der Waals surface area contributed by atoms with E-state index in [1.54, 1.807) is 36.4 Å². The predicted molar refractivity (Wildman–Crippen MR) is 114 cm³/mol. The molecule has 0 unspecified atom stereocenters. The normalized spacial score (nSPS) is 11.8. The predicted octanol–water partition coefficient (Wildman–Crippen LogP) is 5.01. The monoisotopic (exact) mass is 435 g/mol. The van der Waals surface area contributed by atoms with E-state index in [-0.39, 0.29) is 11.0 Å². The van der Waals surface area contributed by atoms with Crippen molar-refractivity contribution < 1.29 is 18.0 Å². The van der Waals surface area contributed by atoms with Gasteiger partial charge in [-0.15, -0.1) is 0 Å². The van der Waals surface area contributed by atoms with Crippen molar-refractivity contribution in [2.45, 2.75) is 12.7 Å². The standard InChI is InChI=1S/C23H16F3N5O/c24-23(25,26)22-29-17-5-1-2-6-19(17)31(22)14-21(32)27-16-10-8-15(9-11-16)18-13-30-12-4-3-7-20(30)28-18/h1-13H,14H2,(H,27,32). The molecule has 0 aliphatic carbocycles. The van der Waals surface area contributed by atoms with Gasteiger partial charge < -0.3 is 14.3 Å². The summed E-state index contributed by atoms with van der Waals surface area (Å²) in [5.41, 5.74) is 3.34. The molecule has 32 heavy (non-hydrogen) atoms. The summed E-state index contributed by atoms with van der Waals surface area (Å²) in [5, 5.41) is 2.65. The largest absolute Gasteiger partial charge is 0.449 e. The van der Waals surface area contributed by atoms with Gasteiger partial charge in [-0.1, -0.05) is 30.3 Å². The number of pyridine rings is 1. The number of hydrogen-bond donors (Lipinski definition) is 1. The van der Waals surface area contributed by atoms with Crippen LogP contribution in [0.4, 0.5) is 18.9 Å². The second kappa shape index (κ2) is 7.52. The molecule has 160 valence electrons. The van der Waals surface area contributed by atoms with Crippen LogP contribution in [-0.4, -0.2) is 24.8 Å². The van der Waals surface area contributed by atoms with E-state index in [4.69, 9.17) is 0 Å². The van der Waals surface area contributed by atoms with E-state index < -0.39 is 24.5 Å². The van der Waals surface area contributed by atoms with Crippen molar-refractivity contribution in [3.63, 3.8) is 0 Å². The van der Waals surface area contributed by atoms with E-state index >= 15 is 0 Å². The number of fused-ring (bicyclic) bond motifs is 2. The molecule has 2 aromatic carbocycles. The van der Waals surface area contributed by atoms with Crippen LogP contribution in [0.3, 0.4) is 0 Å². The van der Waals surface area contributed by atoms with E-state index in [1.807, 2.05) is 35.0 Å². The van der Waals surface area contributed by atoms with Crippen LogP contribution in [0, 0.1) is 0 Å². The van der Waals surface area contributed by atoms with Crippen molar-refractivity contribution >= 4 is 28.3 Å². The molecule has 0 saturated carbocycles. The summed E-state index contributed by atoms with van der Waals surface area (Å²) >= 11 is 0. The molecule has 9 heteroatoms. The third-order valence-corrected chi connectivity index (χ3v) is 5.04. The number of anilines is 1. The summed E-state index contributed by atoms with van der Waals surface area (Å²) in [6, 6.07) is 18.9. The Kier molecular flexibility index (Phi) is 4.66. The molecule has 0 aliphatic heterocycles. The number of nitrogens with one attached hydrogen (secondary N) is 1. The Morgan fingerprint density at radius 3 is 2.44 bits per heavy atom. The Hall–Kier alpha value is -4.14. The molecule has 5 rings (SSSR count). The number of para-hydroxylation sites is 2. The molecule has 3 heterocycles. The maximum atomic E-state index is 13.4. The van der Waals surface area contributed by atoms with Crippen molar-refractivity contribution in [3.05, 3.63) is 84.9 Å². The first kappa shape index (κ1) is 19.8. The number of imidazole rings is 2. The number of carbonyl (C=O) groups is 1.